The number of amides is 1. The molecule has 4 rings (SSSR count). The molecule has 1 amide bonds. The summed E-state index contributed by atoms with van der Waals surface area (Å²) in [6.45, 7) is 4.53. The minimum absolute atomic E-state index is 0.0973. The van der Waals surface area contributed by atoms with Gasteiger partial charge in [-0.1, -0.05) is 31.0 Å². The van der Waals surface area contributed by atoms with Gasteiger partial charge >= 0.3 is 0 Å². The second-order valence-electron chi connectivity index (χ2n) is 9.07. The Bertz CT molecular complexity index is 1270. The summed E-state index contributed by atoms with van der Waals surface area (Å²) in [5.74, 6) is -0.600. The smallest absolute Gasteiger partial charge is 0.246 e. The van der Waals surface area contributed by atoms with Gasteiger partial charge in [0.2, 0.25) is 15.9 Å². The van der Waals surface area contributed by atoms with Crippen molar-refractivity contribution in [2.24, 2.45) is 0 Å². The topological polar surface area (TPSA) is 101 Å². The van der Waals surface area contributed by atoms with Crippen molar-refractivity contribution in [1.82, 2.24) is 4.31 Å². The summed E-state index contributed by atoms with van der Waals surface area (Å²) in [6.07, 6.45) is 3.41. The molecule has 0 bridgehead atoms. The maximum Gasteiger partial charge on any atom is 0.246 e. The Morgan fingerprint density at radius 3 is 2.24 bits per heavy atom. The minimum atomic E-state index is -3.96. The molecule has 2 fully saturated rings. The Balaban J connectivity index is 1.67. The van der Waals surface area contributed by atoms with E-state index in [4.69, 9.17) is 0 Å². The molecule has 1 aliphatic heterocycles. The Morgan fingerprint density at radius 2 is 1.58 bits per heavy atom. The van der Waals surface area contributed by atoms with E-state index in [1.807, 2.05) is 13.0 Å². The quantitative estimate of drug-likeness (QED) is 0.664. The predicted octanol–water partition coefficient (Wildman–Crippen LogP) is 3.81. The van der Waals surface area contributed by atoms with E-state index in [2.05, 4.69) is 5.32 Å². The number of carbonyl (C=O) groups is 1. The van der Waals surface area contributed by atoms with Crippen LogP contribution in [0.25, 0.3) is 0 Å². The number of carbonyl (C=O) groups excluding carboxylic acids is 1. The summed E-state index contributed by atoms with van der Waals surface area (Å²) in [5, 5.41) is 2.74. The van der Waals surface area contributed by atoms with E-state index < -0.39 is 30.5 Å². The second-order valence-corrected chi connectivity index (χ2v) is 13.2. The summed E-state index contributed by atoms with van der Waals surface area (Å²) >= 11 is 0. The molecule has 1 aliphatic carbocycles. The van der Waals surface area contributed by atoms with Gasteiger partial charge in [0, 0.05) is 18.8 Å². The average molecular weight is 491 g/mol. The van der Waals surface area contributed by atoms with E-state index >= 15 is 0 Å². The average Bonchev–Trinajstić information content (AvgIpc) is 3.49. The molecule has 9 heteroatoms. The fraction of sp³-hybridized carbons (Fsp3) is 0.458. The van der Waals surface area contributed by atoms with Crippen molar-refractivity contribution in [2.75, 3.05) is 18.4 Å². The molecule has 7 nitrogen and oxygen atoms in total. The molecule has 1 saturated carbocycles. The molecule has 33 heavy (non-hydrogen) atoms. The maximum atomic E-state index is 13.8. The molecule has 0 atom stereocenters. The lowest BCUT2D eigenvalue weighted by Gasteiger charge is -2.28. The van der Waals surface area contributed by atoms with Crippen LogP contribution in [0.2, 0.25) is 0 Å². The molecule has 2 aliphatic rings. The molecule has 2 aromatic carbocycles. The minimum Gasteiger partial charge on any atom is -0.325 e. The van der Waals surface area contributed by atoms with Crippen molar-refractivity contribution in [3.05, 3.63) is 53.6 Å². The number of nitrogens with zero attached hydrogens (tertiary/aromatic N) is 1. The fourth-order valence-electron chi connectivity index (χ4n) is 4.83. The zero-order chi connectivity index (χ0) is 23.9. The molecule has 0 unspecified atom stereocenters. The maximum absolute atomic E-state index is 13.8. The summed E-state index contributed by atoms with van der Waals surface area (Å²) in [5.41, 5.74) is 1.70. The van der Waals surface area contributed by atoms with Crippen LogP contribution in [0.1, 0.15) is 49.7 Å². The van der Waals surface area contributed by atoms with Crippen LogP contribution in [0.4, 0.5) is 5.69 Å². The Kier molecular flexibility index (Phi) is 6.41. The number of sulfonamides is 1. The second kappa shape index (κ2) is 8.85. The number of hydrogen-bond donors (Lipinski definition) is 1. The van der Waals surface area contributed by atoms with E-state index in [0.29, 0.717) is 31.5 Å². The molecular formula is C24H30N2O5S2. The van der Waals surface area contributed by atoms with Gasteiger partial charge in [0.1, 0.15) is 0 Å². The van der Waals surface area contributed by atoms with E-state index in [1.54, 1.807) is 31.2 Å². The largest absolute Gasteiger partial charge is 0.325 e. The van der Waals surface area contributed by atoms with Gasteiger partial charge in [0.25, 0.3) is 0 Å². The first-order valence-corrected chi connectivity index (χ1v) is 14.2. The SMILES string of the molecule is Cc1ccc(C)c(S(=O)(=O)C2(C(=O)Nc3cccc(S(=O)(=O)N4CCCC4)c3)CCCC2)c1. The van der Waals surface area contributed by atoms with Gasteiger partial charge in [-0.15, -0.1) is 0 Å². The van der Waals surface area contributed by atoms with Crippen LogP contribution >= 0.6 is 0 Å². The van der Waals surface area contributed by atoms with Crippen molar-refractivity contribution < 1.29 is 21.6 Å². The van der Waals surface area contributed by atoms with E-state index in [0.717, 1.165) is 18.4 Å². The summed E-state index contributed by atoms with van der Waals surface area (Å²) in [7, 11) is -7.61. The summed E-state index contributed by atoms with van der Waals surface area (Å²) < 4.78 is 53.3. The van der Waals surface area contributed by atoms with Gasteiger partial charge < -0.3 is 5.32 Å². The lowest BCUT2D eigenvalue weighted by Crippen LogP contribution is -2.47. The van der Waals surface area contributed by atoms with Crippen molar-refractivity contribution in [2.45, 2.75) is 66.9 Å². The number of aryl methyl sites for hydroxylation is 2. The fourth-order valence-corrected chi connectivity index (χ4v) is 8.77. The van der Waals surface area contributed by atoms with Gasteiger partial charge in [-0.25, -0.2) is 16.8 Å². The highest BCUT2D eigenvalue weighted by Crippen LogP contribution is 2.42. The van der Waals surface area contributed by atoms with Gasteiger partial charge in [-0.3, -0.25) is 4.79 Å². The Labute approximate surface area is 196 Å². The van der Waals surface area contributed by atoms with Crippen molar-refractivity contribution in [3.63, 3.8) is 0 Å². The zero-order valence-corrected chi connectivity index (χ0v) is 20.6. The molecule has 1 heterocycles. The first kappa shape index (κ1) is 23.9. The van der Waals surface area contributed by atoms with Crippen LogP contribution in [0.3, 0.4) is 0 Å². The summed E-state index contributed by atoms with van der Waals surface area (Å²) in [4.78, 5) is 13.8. The summed E-state index contributed by atoms with van der Waals surface area (Å²) in [6, 6.07) is 11.3. The van der Waals surface area contributed by atoms with Crippen LogP contribution in [0, 0.1) is 13.8 Å². The van der Waals surface area contributed by atoms with Crippen LogP contribution in [-0.4, -0.2) is 44.9 Å². The molecule has 2 aromatic rings. The first-order chi connectivity index (χ1) is 15.6. The zero-order valence-electron chi connectivity index (χ0n) is 19.0. The van der Waals surface area contributed by atoms with Gasteiger partial charge in [-0.05, 0) is 74.9 Å². The monoisotopic (exact) mass is 490 g/mol. The van der Waals surface area contributed by atoms with Crippen LogP contribution in [0.15, 0.2) is 52.3 Å². The highest BCUT2D eigenvalue weighted by atomic mass is 32.2. The standard InChI is InChI=1S/C24H30N2O5S2/c1-18-10-11-19(2)22(16-18)32(28,29)24(12-3-4-13-24)23(27)25-20-8-7-9-21(17-20)33(30,31)26-14-5-6-15-26/h7-11,16-17H,3-6,12-15H2,1-2H3,(H,25,27). The van der Waals surface area contributed by atoms with Crippen LogP contribution in [0.5, 0.6) is 0 Å². The van der Waals surface area contributed by atoms with Crippen molar-refractivity contribution in [1.29, 1.82) is 0 Å². The number of hydrogen-bond acceptors (Lipinski definition) is 5. The first-order valence-electron chi connectivity index (χ1n) is 11.3. The lowest BCUT2D eigenvalue weighted by atomic mass is 10.1. The third kappa shape index (κ3) is 4.22. The van der Waals surface area contributed by atoms with Gasteiger partial charge in [0.05, 0.1) is 9.79 Å². The highest BCUT2D eigenvalue weighted by molar-refractivity contribution is 7.93. The van der Waals surface area contributed by atoms with Crippen molar-refractivity contribution in [3.8, 4) is 0 Å². The molecule has 1 saturated heterocycles. The number of rotatable bonds is 6. The molecule has 0 aromatic heterocycles. The Hall–Kier alpha value is -2.23. The van der Waals surface area contributed by atoms with E-state index in [9.17, 15) is 21.6 Å². The lowest BCUT2D eigenvalue weighted by molar-refractivity contribution is -0.118. The molecular weight excluding hydrogens is 460 g/mol. The third-order valence-corrected chi connectivity index (χ3v) is 11.3. The van der Waals surface area contributed by atoms with E-state index in [-0.39, 0.29) is 28.3 Å². The highest BCUT2D eigenvalue weighted by Gasteiger charge is 2.53. The van der Waals surface area contributed by atoms with Gasteiger partial charge in [-0.2, -0.15) is 4.31 Å². The third-order valence-electron chi connectivity index (χ3n) is 6.77. The van der Waals surface area contributed by atoms with Crippen LogP contribution < -0.4 is 5.32 Å². The number of benzene rings is 2. The normalized spacial score (nSPS) is 19.0. The van der Waals surface area contributed by atoms with Crippen molar-refractivity contribution >= 4 is 31.5 Å². The number of nitrogens with one attached hydrogen (secondary N) is 1. The van der Waals surface area contributed by atoms with E-state index in [1.165, 1.54) is 16.4 Å². The Morgan fingerprint density at radius 1 is 0.909 bits per heavy atom. The molecule has 0 radical (unpaired) electrons. The van der Waals surface area contributed by atoms with Gasteiger partial charge in [0.15, 0.2) is 14.6 Å². The van der Waals surface area contributed by atoms with Crippen LogP contribution in [-0.2, 0) is 24.7 Å². The molecule has 178 valence electrons. The number of anilines is 1. The molecule has 0 spiro atoms. The predicted molar refractivity (Wildman–Crippen MR) is 127 cm³/mol. The molecule has 1 N–H and O–H groups in total. The number of sulfone groups is 1.